The Bertz CT molecular complexity index is 1380. The SMILES string of the molecule is C[C@@H]1OCC2(CCN(c3cnc(Sc4ccnc(Nc5ccnc(N6CC7(COC7)C6)n5)c4Cl)cn3)CC2)[C@@H]1N. The van der Waals surface area contributed by atoms with E-state index in [2.05, 4.69) is 42.0 Å². The summed E-state index contributed by atoms with van der Waals surface area (Å²) in [6.45, 7) is 8.10. The Hall–Kier alpha value is -2.77. The Kier molecular flexibility index (Phi) is 6.70. The van der Waals surface area contributed by atoms with Crippen LogP contribution in [-0.2, 0) is 9.47 Å². The molecule has 3 N–H and O–H groups in total. The molecule has 11 nitrogen and oxygen atoms in total. The normalized spacial score (nSPS) is 24.7. The number of hydrogen-bond donors (Lipinski definition) is 2. The highest BCUT2D eigenvalue weighted by Crippen LogP contribution is 2.42. The van der Waals surface area contributed by atoms with Gasteiger partial charge in [0.2, 0.25) is 5.95 Å². The molecule has 2 spiro atoms. The molecule has 0 radical (unpaired) electrons. The van der Waals surface area contributed by atoms with Crippen molar-refractivity contribution >= 4 is 46.8 Å². The summed E-state index contributed by atoms with van der Waals surface area (Å²) in [4.78, 5) is 28.2. The summed E-state index contributed by atoms with van der Waals surface area (Å²) in [6, 6.07) is 3.78. The van der Waals surface area contributed by atoms with E-state index in [4.69, 9.17) is 31.8 Å². The Labute approximate surface area is 242 Å². The second kappa shape index (κ2) is 10.3. The topological polar surface area (TPSA) is 127 Å². The van der Waals surface area contributed by atoms with E-state index in [1.165, 1.54) is 11.8 Å². The first-order chi connectivity index (χ1) is 19.4. The van der Waals surface area contributed by atoms with Crippen molar-refractivity contribution in [2.45, 2.75) is 41.8 Å². The zero-order chi connectivity index (χ0) is 27.3. The third kappa shape index (κ3) is 4.75. The summed E-state index contributed by atoms with van der Waals surface area (Å²) in [5.74, 6) is 2.73. The summed E-state index contributed by atoms with van der Waals surface area (Å²) in [6.07, 6.45) is 9.22. The van der Waals surface area contributed by atoms with Crippen molar-refractivity contribution in [1.82, 2.24) is 24.9 Å². The van der Waals surface area contributed by atoms with E-state index in [0.29, 0.717) is 28.0 Å². The predicted octanol–water partition coefficient (Wildman–Crippen LogP) is 3.38. The van der Waals surface area contributed by atoms with Crippen LogP contribution in [0.15, 0.2) is 46.8 Å². The Balaban J connectivity index is 0.984. The van der Waals surface area contributed by atoms with Crippen LogP contribution in [0.1, 0.15) is 19.8 Å². The maximum atomic E-state index is 6.76. The smallest absolute Gasteiger partial charge is 0.227 e. The van der Waals surface area contributed by atoms with Crippen LogP contribution in [-0.4, -0.2) is 83.1 Å². The Morgan fingerprint density at radius 2 is 1.82 bits per heavy atom. The fraction of sp³-hybridized carbons (Fsp3) is 0.519. The lowest BCUT2D eigenvalue weighted by atomic mass is 9.73. The van der Waals surface area contributed by atoms with Crippen molar-refractivity contribution in [3.63, 3.8) is 0 Å². The van der Waals surface area contributed by atoms with Crippen LogP contribution in [0.2, 0.25) is 5.02 Å². The molecule has 0 amide bonds. The molecule has 3 aromatic rings. The highest BCUT2D eigenvalue weighted by atomic mass is 35.5. The van der Waals surface area contributed by atoms with Gasteiger partial charge in [0, 0.05) is 54.9 Å². The number of anilines is 4. The van der Waals surface area contributed by atoms with Crippen LogP contribution in [0.5, 0.6) is 0 Å². The van der Waals surface area contributed by atoms with E-state index in [9.17, 15) is 0 Å². The molecule has 0 unspecified atom stereocenters. The molecule has 7 rings (SSSR count). The lowest BCUT2D eigenvalue weighted by Crippen LogP contribution is -2.66. The molecule has 0 aromatic carbocycles. The van der Waals surface area contributed by atoms with E-state index in [1.807, 2.05) is 18.3 Å². The monoisotopic (exact) mass is 581 g/mol. The van der Waals surface area contributed by atoms with Crippen LogP contribution < -0.4 is 20.9 Å². The van der Waals surface area contributed by atoms with Crippen LogP contribution in [0, 0.1) is 10.8 Å². The minimum atomic E-state index is 0.0828. The average Bonchev–Trinajstić information content (AvgIpc) is 3.19. The first kappa shape index (κ1) is 26.1. The summed E-state index contributed by atoms with van der Waals surface area (Å²) in [7, 11) is 0. The Morgan fingerprint density at radius 3 is 2.50 bits per heavy atom. The number of ether oxygens (including phenoxy) is 2. The van der Waals surface area contributed by atoms with Gasteiger partial charge in [-0.3, -0.25) is 0 Å². The maximum absolute atomic E-state index is 6.76. The van der Waals surface area contributed by atoms with Crippen molar-refractivity contribution in [3.05, 3.63) is 41.9 Å². The average molecular weight is 582 g/mol. The largest absolute Gasteiger partial charge is 0.380 e. The van der Waals surface area contributed by atoms with Crippen molar-refractivity contribution < 1.29 is 9.47 Å². The van der Waals surface area contributed by atoms with Gasteiger partial charge in [-0.25, -0.2) is 19.9 Å². The van der Waals surface area contributed by atoms with Gasteiger partial charge in [-0.05, 0) is 31.9 Å². The third-order valence-electron chi connectivity index (χ3n) is 8.65. The van der Waals surface area contributed by atoms with Gasteiger partial charge >= 0.3 is 0 Å². The molecule has 13 heteroatoms. The van der Waals surface area contributed by atoms with Crippen molar-refractivity contribution in [2.75, 3.05) is 61.1 Å². The summed E-state index contributed by atoms with van der Waals surface area (Å²) in [5.41, 5.74) is 6.84. The molecule has 3 aromatic heterocycles. The van der Waals surface area contributed by atoms with Gasteiger partial charge in [-0.15, -0.1) is 0 Å². The van der Waals surface area contributed by atoms with Gasteiger partial charge in [0.1, 0.15) is 16.7 Å². The molecule has 40 heavy (non-hydrogen) atoms. The van der Waals surface area contributed by atoms with E-state index >= 15 is 0 Å². The zero-order valence-electron chi connectivity index (χ0n) is 22.3. The number of pyridine rings is 1. The maximum Gasteiger partial charge on any atom is 0.227 e. The summed E-state index contributed by atoms with van der Waals surface area (Å²) < 4.78 is 11.2. The first-order valence-electron chi connectivity index (χ1n) is 13.6. The number of hydrogen-bond acceptors (Lipinski definition) is 12. The van der Waals surface area contributed by atoms with Crippen molar-refractivity contribution in [2.24, 2.45) is 16.6 Å². The number of rotatable bonds is 6. The summed E-state index contributed by atoms with van der Waals surface area (Å²) >= 11 is 8.21. The molecule has 2 atom stereocenters. The number of nitrogens with zero attached hydrogens (tertiary/aromatic N) is 7. The van der Waals surface area contributed by atoms with Crippen molar-refractivity contribution in [3.8, 4) is 0 Å². The van der Waals surface area contributed by atoms with Gasteiger partial charge in [0.25, 0.3) is 0 Å². The van der Waals surface area contributed by atoms with Crippen LogP contribution in [0.25, 0.3) is 0 Å². The Morgan fingerprint density at radius 1 is 1.02 bits per heavy atom. The number of piperidine rings is 1. The molecule has 0 aliphatic carbocycles. The fourth-order valence-electron chi connectivity index (χ4n) is 6.05. The molecule has 7 heterocycles. The van der Waals surface area contributed by atoms with Crippen LogP contribution >= 0.6 is 23.4 Å². The highest BCUT2D eigenvalue weighted by molar-refractivity contribution is 7.99. The van der Waals surface area contributed by atoms with Crippen molar-refractivity contribution in [1.29, 1.82) is 0 Å². The van der Waals surface area contributed by atoms with Gasteiger partial charge in [-0.2, -0.15) is 4.98 Å². The number of nitrogens with two attached hydrogens (primary N) is 1. The standard InChI is InChI=1S/C27H32ClN9O2S/c1-17-23(29)27(16-39-17)4-8-36(9-5-27)20-10-33-21(11-32-20)40-18-2-6-30-24(22(18)28)34-19-3-7-31-25(35-19)37-12-26(13-37)14-38-15-26/h2-3,6-7,10-11,17,23H,4-5,8-9,12-16,29H2,1H3,(H,30,31,34,35)/t17-,23+/m0/s1. The zero-order valence-corrected chi connectivity index (χ0v) is 23.9. The fourth-order valence-corrected chi connectivity index (χ4v) is 7.08. The number of nitrogens with one attached hydrogen (secondary N) is 1. The molecule has 4 aliphatic rings. The predicted molar refractivity (Wildman–Crippen MR) is 153 cm³/mol. The minimum absolute atomic E-state index is 0.0828. The summed E-state index contributed by atoms with van der Waals surface area (Å²) in [5, 5.41) is 4.51. The second-order valence-corrected chi connectivity index (χ2v) is 12.8. The highest BCUT2D eigenvalue weighted by Gasteiger charge is 2.50. The lowest BCUT2D eigenvalue weighted by molar-refractivity contribution is -0.127. The molecule has 4 fully saturated rings. The van der Waals surface area contributed by atoms with E-state index in [0.717, 1.165) is 74.6 Å². The molecule has 0 saturated carbocycles. The second-order valence-electron chi connectivity index (χ2n) is 11.4. The van der Waals surface area contributed by atoms with Crippen LogP contribution in [0.3, 0.4) is 0 Å². The van der Waals surface area contributed by atoms with E-state index in [1.54, 1.807) is 18.6 Å². The number of aromatic nitrogens is 5. The van der Waals surface area contributed by atoms with Gasteiger partial charge in [0.05, 0.1) is 48.8 Å². The molecule has 210 valence electrons. The molecular formula is C27H32ClN9O2S. The molecule has 0 bridgehead atoms. The molecule has 4 saturated heterocycles. The first-order valence-corrected chi connectivity index (χ1v) is 14.8. The lowest BCUT2D eigenvalue weighted by Gasteiger charge is -2.54. The number of halogens is 1. The van der Waals surface area contributed by atoms with Gasteiger partial charge in [-0.1, -0.05) is 23.4 Å². The van der Waals surface area contributed by atoms with Gasteiger partial charge in [0.15, 0.2) is 5.82 Å². The molecule has 4 aliphatic heterocycles. The quantitative estimate of drug-likeness (QED) is 0.443. The van der Waals surface area contributed by atoms with Gasteiger partial charge < -0.3 is 30.3 Å². The van der Waals surface area contributed by atoms with Crippen LogP contribution in [0.4, 0.5) is 23.4 Å². The van der Waals surface area contributed by atoms with E-state index in [-0.39, 0.29) is 17.6 Å². The minimum Gasteiger partial charge on any atom is -0.380 e. The van der Waals surface area contributed by atoms with E-state index < -0.39 is 0 Å². The molecular weight excluding hydrogens is 550 g/mol. The third-order valence-corrected chi connectivity index (χ3v) is 10.1.